The van der Waals surface area contributed by atoms with E-state index < -0.39 is 0 Å². The molecule has 0 spiro atoms. The molecule has 0 bridgehead atoms. The second-order valence-corrected chi connectivity index (χ2v) is 7.79. The Hall–Kier alpha value is -2.60. The number of piperidine rings is 1. The van der Waals surface area contributed by atoms with Crippen molar-refractivity contribution < 1.29 is 9.21 Å². The molecule has 6 nitrogen and oxygen atoms in total. The number of carbonyl (C=O) groups excluding carboxylic acids is 1. The average molecular weight is 399 g/mol. The quantitative estimate of drug-likeness (QED) is 0.700. The molecule has 0 radical (unpaired) electrons. The van der Waals surface area contributed by atoms with Crippen LogP contribution in [0.2, 0.25) is 5.02 Å². The highest BCUT2D eigenvalue weighted by Gasteiger charge is 2.25. The number of hydrogen-bond acceptors (Lipinski definition) is 5. The van der Waals surface area contributed by atoms with Crippen LogP contribution in [-0.2, 0) is 11.3 Å². The normalized spacial score (nSPS) is 17.1. The summed E-state index contributed by atoms with van der Waals surface area (Å²) < 4.78 is 5.88. The molecule has 3 heterocycles. The average Bonchev–Trinajstić information content (AvgIpc) is 3.10. The summed E-state index contributed by atoms with van der Waals surface area (Å²) in [5.41, 5.74) is 3.51. The van der Waals surface area contributed by atoms with E-state index >= 15 is 0 Å². The van der Waals surface area contributed by atoms with Crippen LogP contribution in [0.3, 0.4) is 0 Å². The lowest BCUT2D eigenvalue weighted by Gasteiger charge is -2.31. The van der Waals surface area contributed by atoms with Gasteiger partial charge in [-0.2, -0.15) is 4.98 Å². The SMILES string of the molecule is Cc1cc(CNC(=O)CC2CCCN(c3nc4ccc(Cl)cc4o3)C2)ccn1. The number of oxazole rings is 1. The van der Waals surface area contributed by atoms with Gasteiger partial charge in [0.2, 0.25) is 5.91 Å². The predicted molar refractivity (Wildman–Crippen MR) is 109 cm³/mol. The fraction of sp³-hybridized carbons (Fsp3) is 0.381. The smallest absolute Gasteiger partial charge is 0.298 e. The van der Waals surface area contributed by atoms with E-state index in [0.29, 0.717) is 29.6 Å². The zero-order valence-corrected chi connectivity index (χ0v) is 16.6. The molecular weight excluding hydrogens is 376 g/mol. The van der Waals surface area contributed by atoms with Crippen LogP contribution in [0, 0.1) is 12.8 Å². The van der Waals surface area contributed by atoms with Crippen molar-refractivity contribution in [2.45, 2.75) is 32.7 Å². The first-order chi connectivity index (χ1) is 13.6. The molecule has 3 aromatic rings. The number of benzene rings is 1. The van der Waals surface area contributed by atoms with Crippen molar-refractivity contribution in [2.24, 2.45) is 5.92 Å². The van der Waals surface area contributed by atoms with Gasteiger partial charge in [-0.1, -0.05) is 11.6 Å². The van der Waals surface area contributed by atoms with Crippen molar-refractivity contribution >= 4 is 34.6 Å². The highest BCUT2D eigenvalue weighted by atomic mass is 35.5. The number of nitrogens with one attached hydrogen (secondary N) is 1. The van der Waals surface area contributed by atoms with Crippen molar-refractivity contribution in [3.8, 4) is 0 Å². The van der Waals surface area contributed by atoms with E-state index in [9.17, 15) is 4.79 Å². The third-order valence-corrected chi connectivity index (χ3v) is 5.29. The minimum absolute atomic E-state index is 0.0747. The molecule has 1 aliphatic heterocycles. The van der Waals surface area contributed by atoms with E-state index in [4.69, 9.17) is 16.0 Å². The molecule has 4 rings (SSSR count). The minimum Gasteiger partial charge on any atom is -0.423 e. The fourth-order valence-electron chi connectivity index (χ4n) is 3.68. The monoisotopic (exact) mass is 398 g/mol. The topological polar surface area (TPSA) is 71.3 Å². The second kappa shape index (κ2) is 8.19. The van der Waals surface area contributed by atoms with Crippen LogP contribution in [0.4, 0.5) is 6.01 Å². The molecule has 1 aliphatic rings. The van der Waals surface area contributed by atoms with Crippen molar-refractivity contribution in [3.05, 3.63) is 52.8 Å². The van der Waals surface area contributed by atoms with E-state index in [0.717, 1.165) is 42.7 Å². The molecule has 146 valence electrons. The van der Waals surface area contributed by atoms with Gasteiger partial charge in [-0.3, -0.25) is 9.78 Å². The second-order valence-electron chi connectivity index (χ2n) is 7.35. The minimum atomic E-state index is 0.0747. The van der Waals surface area contributed by atoms with Gasteiger partial charge in [0.1, 0.15) is 5.52 Å². The molecule has 0 saturated carbocycles. The first-order valence-corrected chi connectivity index (χ1v) is 9.94. The van der Waals surface area contributed by atoms with Crippen LogP contribution in [0.25, 0.3) is 11.1 Å². The molecular formula is C21H23ClN4O2. The first kappa shape index (κ1) is 18.7. The van der Waals surface area contributed by atoms with Gasteiger partial charge in [-0.05, 0) is 55.5 Å². The number of aromatic nitrogens is 2. The molecule has 1 atom stereocenters. The third-order valence-electron chi connectivity index (χ3n) is 5.05. The Bertz CT molecular complexity index is 987. The van der Waals surface area contributed by atoms with E-state index in [-0.39, 0.29) is 11.8 Å². The summed E-state index contributed by atoms with van der Waals surface area (Å²) in [6.07, 6.45) is 4.32. The van der Waals surface area contributed by atoms with Crippen LogP contribution < -0.4 is 10.2 Å². The van der Waals surface area contributed by atoms with Crippen molar-refractivity contribution in [2.75, 3.05) is 18.0 Å². The Morgan fingerprint density at radius 1 is 1.36 bits per heavy atom. The van der Waals surface area contributed by atoms with Crippen LogP contribution in [0.15, 0.2) is 40.9 Å². The zero-order valence-electron chi connectivity index (χ0n) is 15.8. The molecule has 1 unspecified atom stereocenters. The summed E-state index contributed by atoms with van der Waals surface area (Å²) in [7, 11) is 0. The van der Waals surface area contributed by atoms with Gasteiger partial charge < -0.3 is 14.6 Å². The molecule has 0 aliphatic carbocycles. The fourth-order valence-corrected chi connectivity index (χ4v) is 3.84. The van der Waals surface area contributed by atoms with Gasteiger partial charge in [0.05, 0.1) is 0 Å². The number of carbonyl (C=O) groups is 1. The molecule has 28 heavy (non-hydrogen) atoms. The highest BCUT2D eigenvalue weighted by molar-refractivity contribution is 6.31. The maximum Gasteiger partial charge on any atom is 0.298 e. The van der Waals surface area contributed by atoms with Crippen LogP contribution in [-0.4, -0.2) is 29.0 Å². The van der Waals surface area contributed by atoms with Gasteiger partial charge in [0.25, 0.3) is 6.01 Å². The van der Waals surface area contributed by atoms with Gasteiger partial charge in [-0.15, -0.1) is 0 Å². The number of aryl methyl sites for hydroxylation is 1. The molecule has 1 aromatic carbocycles. The molecule has 1 fully saturated rings. The standard InChI is InChI=1S/C21H23ClN4O2/c1-14-9-15(6-7-23-14)12-24-20(27)10-16-3-2-8-26(13-16)21-25-18-5-4-17(22)11-19(18)28-21/h4-7,9,11,16H,2-3,8,10,12-13H2,1H3,(H,24,27). The summed E-state index contributed by atoms with van der Waals surface area (Å²) >= 11 is 6.03. The zero-order chi connectivity index (χ0) is 19.5. The van der Waals surface area contributed by atoms with Crippen molar-refractivity contribution in [3.63, 3.8) is 0 Å². The summed E-state index contributed by atoms with van der Waals surface area (Å²) in [6, 6.07) is 9.97. The maximum atomic E-state index is 12.4. The summed E-state index contributed by atoms with van der Waals surface area (Å²) in [5.74, 6) is 0.359. The molecule has 1 N–H and O–H groups in total. The Labute approximate surface area is 168 Å². The van der Waals surface area contributed by atoms with Crippen molar-refractivity contribution in [1.82, 2.24) is 15.3 Å². The highest BCUT2D eigenvalue weighted by Crippen LogP contribution is 2.28. The summed E-state index contributed by atoms with van der Waals surface area (Å²) in [4.78, 5) is 23.3. The lowest BCUT2D eigenvalue weighted by Crippen LogP contribution is -2.38. The first-order valence-electron chi connectivity index (χ1n) is 9.56. The summed E-state index contributed by atoms with van der Waals surface area (Å²) in [5, 5.41) is 3.65. The Morgan fingerprint density at radius 3 is 3.11 bits per heavy atom. The largest absolute Gasteiger partial charge is 0.423 e. The van der Waals surface area contributed by atoms with Gasteiger partial charge in [0.15, 0.2) is 5.58 Å². The Kier molecular flexibility index (Phi) is 5.48. The number of rotatable bonds is 5. The molecule has 7 heteroatoms. The number of anilines is 1. The van der Waals surface area contributed by atoms with E-state index in [2.05, 4.69) is 20.2 Å². The third kappa shape index (κ3) is 4.44. The number of fused-ring (bicyclic) bond motifs is 1. The lowest BCUT2D eigenvalue weighted by atomic mass is 9.94. The van der Waals surface area contributed by atoms with Gasteiger partial charge >= 0.3 is 0 Å². The van der Waals surface area contributed by atoms with Crippen LogP contribution >= 0.6 is 11.6 Å². The molecule has 1 amide bonds. The number of pyridine rings is 1. The molecule has 1 saturated heterocycles. The number of amides is 1. The maximum absolute atomic E-state index is 12.4. The Balaban J connectivity index is 1.34. The van der Waals surface area contributed by atoms with Crippen LogP contribution in [0.1, 0.15) is 30.5 Å². The van der Waals surface area contributed by atoms with Crippen LogP contribution in [0.5, 0.6) is 0 Å². The van der Waals surface area contributed by atoms with Crippen molar-refractivity contribution in [1.29, 1.82) is 0 Å². The summed E-state index contributed by atoms with van der Waals surface area (Å²) in [6.45, 7) is 4.13. The van der Waals surface area contributed by atoms with Gasteiger partial charge in [0, 0.05) is 49.0 Å². The lowest BCUT2D eigenvalue weighted by molar-refractivity contribution is -0.122. The van der Waals surface area contributed by atoms with E-state index in [1.165, 1.54) is 0 Å². The predicted octanol–water partition coefficient (Wildman–Crippen LogP) is 4.11. The van der Waals surface area contributed by atoms with Gasteiger partial charge in [-0.25, -0.2) is 0 Å². The number of halogens is 1. The van der Waals surface area contributed by atoms with E-state index in [1.54, 1.807) is 12.3 Å². The Morgan fingerprint density at radius 2 is 2.25 bits per heavy atom. The van der Waals surface area contributed by atoms with E-state index in [1.807, 2.05) is 31.2 Å². The number of hydrogen-bond donors (Lipinski definition) is 1. The number of nitrogens with zero attached hydrogens (tertiary/aromatic N) is 3. The molecule has 2 aromatic heterocycles.